The lowest BCUT2D eigenvalue weighted by atomic mass is 10.3. The molecule has 20 heavy (non-hydrogen) atoms. The summed E-state index contributed by atoms with van der Waals surface area (Å²) in [6.07, 6.45) is 0. The van der Waals surface area contributed by atoms with Gasteiger partial charge in [0, 0.05) is 4.47 Å². The summed E-state index contributed by atoms with van der Waals surface area (Å²) in [5.41, 5.74) is 0. The average Bonchev–Trinajstić information content (AvgIpc) is 2.42. The molecular formula is C12H13BrN2O5. The predicted molar refractivity (Wildman–Crippen MR) is 73.3 cm³/mol. The van der Waals surface area contributed by atoms with Crippen molar-refractivity contribution < 1.29 is 24.2 Å². The molecule has 0 radical (unpaired) electrons. The van der Waals surface area contributed by atoms with Crippen LogP contribution >= 0.6 is 15.9 Å². The van der Waals surface area contributed by atoms with Gasteiger partial charge in [0.15, 0.2) is 6.61 Å². The van der Waals surface area contributed by atoms with Crippen molar-refractivity contribution >= 4 is 33.7 Å². The van der Waals surface area contributed by atoms with Gasteiger partial charge in [-0.05, 0) is 24.3 Å². The first-order valence-corrected chi connectivity index (χ1v) is 6.40. The summed E-state index contributed by atoms with van der Waals surface area (Å²) in [7, 11) is 0. The van der Waals surface area contributed by atoms with E-state index in [9.17, 15) is 14.4 Å². The van der Waals surface area contributed by atoms with Gasteiger partial charge in [0.25, 0.3) is 5.91 Å². The van der Waals surface area contributed by atoms with Crippen LogP contribution in [0.25, 0.3) is 0 Å². The molecular weight excluding hydrogens is 332 g/mol. The second-order valence-electron chi connectivity index (χ2n) is 3.69. The maximum absolute atomic E-state index is 11.4. The van der Waals surface area contributed by atoms with Gasteiger partial charge in [0.2, 0.25) is 5.91 Å². The van der Waals surface area contributed by atoms with Crippen molar-refractivity contribution in [1.29, 1.82) is 0 Å². The molecule has 1 rings (SSSR count). The third kappa shape index (κ3) is 6.74. The second kappa shape index (κ2) is 8.16. The Balaban J connectivity index is 2.21. The molecule has 0 bridgehead atoms. The highest BCUT2D eigenvalue weighted by Gasteiger charge is 2.07. The lowest BCUT2D eigenvalue weighted by Gasteiger charge is -2.07. The Kier molecular flexibility index (Phi) is 6.51. The molecule has 0 aliphatic heterocycles. The number of carboxylic acid groups (broad SMARTS) is 1. The van der Waals surface area contributed by atoms with Crippen molar-refractivity contribution in [3.8, 4) is 5.75 Å². The smallest absolute Gasteiger partial charge is 0.322 e. The van der Waals surface area contributed by atoms with Crippen LogP contribution in [0.3, 0.4) is 0 Å². The maximum Gasteiger partial charge on any atom is 0.322 e. The van der Waals surface area contributed by atoms with E-state index in [0.29, 0.717) is 5.75 Å². The number of carboxylic acids is 1. The van der Waals surface area contributed by atoms with Gasteiger partial charge in [-0.15, -0.1) is 0 Å². The summed E-state index contributed by atoms with van der Waals surface area (Å²) < 4.78 is 6.09. The third-order valence-electron chi connectivity index (χ3n) is 2.07. The zero-order valence-corrected chi connectivity index (χ0v) is 12.0. The summed E-state index contributed by atoms with van der Waals surface area (Å²) >= 11 is 3.27. The van der Waals surface area contributed by atoms with Crippen LogP contribution in [-0.4, -0.2) is 42.6 Å². The van der Waals surface area contributed by atoms with Gasteiger partial charge in [0.1, 0.15) is 12.3 Å². The van der Waals surface area contributed by atoms with E-state index in [1.54, 1.807) is 24.3 Å². The van der Waals surface area contributed by atoms with E-state index < -0.39 is 24.3 Å². The van der Waals surface area contributed by atoms with Gasteiger partial charge in [-0.2, -0.15) is 0 Å². The molecule has 0 saturated heterocycles. The first-order valence-electron chi connectivity index (χ1n) is 5.61. The number of rotatable bonds is 7. The molecule has 7 nitrogen and oxygen atoms in total. The minimum Gasteiger partial charge on any atom is -0.484 e. The number of carbonyl (C=O) groups is 3. The van der Waals surface area contributed by atoms with E-state index in [2.05, 4.69) is 26.6 Å². The van der Waals surface area contributed by atoms with E-state index in [4.69, 9.17) is 9.84 Å². The SMILES string of the molecule is O=C(O)CNC(=O)CNC(=O)COc1ccc(Br)cc1. The van der Waals surface area contributed by atoms with Gasteiger partial charge in [-0.1, -0.05) is 15.9 Å². The topological polar surface area (TPSA) is 105 Å². The van der Waals surface area contributed by atoms with E-state index in [-0.39, 0.29) is 13.2 Å². The molecule has 0 aliphatic carbocycles. The molecule has 108 valence electrons. The molecule has 0 aromatic heterocycles. The Morgan fingerprint density at radius 1 is 1.05 bits per heavy atom. The minimum atomic E-state index is -1.15. The van der Waals surface area contributed by atoms with E-state index in [1.807, 2.05) is 0 Å². The number of aliphatic carboxylic acids is 1. The number of benzene rings is 1. The minimum absolute atomic E-state index is 0.228. The van der Waals surface area contributed by atoms with Gasteiger partial charge >= 0.3 is 5.97 Å². The summed E-state index contributed by atoms with van der Waals surface area (Å²) in [5, 5.41) is 12.8. The van der Waals surface area contributed by atoms with Crippen LogP contribution in [0.5, 0.6) is 5.75 Å². The van der Waals surface area contributed by atoms with Crippen LogP contribution in [0.1, 0.15) is 0 Å². The number of hydrogen-bond donors (Lipinski definition) is 3. The number of ether oxygens (including phenoxy) is 1. The van der Waals surface area contributed by atoms with Crippen LogP contribution < -0.4 is 15.4 Å². The molecule has 0 unspecified atom stereocenters. The lowest BCUT2D eigenvalue weighted by Crippen LogP contribution is -2.40. The van der Waals surface area contributed by atoms with Gasteiger partial charge in [-0.3, -0.25) is 14.4 Å². The van der Waals surface area contributed by atoms with Crippen LogP contribution in [0.4, 0.5) is 0 Å². The van der Waals surface area contributed by atoms with Gasteiger partial charge < -0.3 is 20.5 Å². The Labute approximate surface area is 123 Å². The van der Waals surface area contributed by atoms with Gasteiger partial charge in [0.05, 0.1) is 6.54 Å². The summed E-state index contributed by atoms with van der Waals surface area (Å²) in [6.45, 7) is -1.01. The molecule has 0 atom stereocenters. The molecule has 3 N–H and O–H groups in total. The highest BCUT2D eigenvalue weighted by atomic mass is 79.9. The molecule has 0 heterocycles. The number of carbonyl (C=O) groups excluding carboxylic acids is 2. The number of halogens is 1. The Bertz CT molecular complexity index is 489. The molecule has 0 saturated carbocycles. The van der Waals surface area contributed by atoms with E-state index in [1.165, 1.54) is 0 Å². The Morgan fingerprint density at radius 3 is 2.25 bits per heavy atom. The number of hydrogen-bond acceptors (Lipinski definition) is 4. The Hall–Kier alpha value is -2.09. The molecule has 0 fully saturated rings. The van der Waals surface area contributed by atoms with E-state index >= 15 is 0 Å². The molecule has 0 aliphatic rings. The van der Waals surface area contributed by atoms with Crippen molar-refractivity contribution in [3.05, 3.63) is 28.7 Å². The normalized spacial score (nSPS) is 9.65. The zero-order valence-electron chi connectivity index (χ0n) is 10.4. The summed E-state index contributed by atoms with van der Waals surface area (Å²) in [5.74, 6) is -1.68. The highest BCUT2D eigenvalue weighted by Crippen LogP contribution is 2.15. The van der Waals surface area contributed by atoms with Crippen molar-refractivity contribution in [2.45, 2.75) is 0 Å². The zero-order chi connectivity index (χ0) is 15.0. The van der Waals surface area contributed by atoms with Crippen molar-refractivity contribution in [1.82, 2.24) is 10.6 Å². The van der Waals surface area contributed by atoms with Crippen molar-refractivity contribution in [2.24, 2.45) is 0 Å². The van der Waals surface area contributed by atoms with Crippen LogP contribution in [0.2, 0.25) is 0 Å². The molecule has 2 amide bonds. The van der Waals surface area contributed by atoms with Crippen LogP contribution in [-0.2, 0) is 14.4 Å². The molecule has 0 spiro atoms. The quantitative estimate of drug-likeness (QED) is 0.652. The predicted octanol–water partition coefficient (Wildman–Crippen LogP) is 0.145. The largest absolute Gasteiger partial charge is 0.484 e. The first-order chi connectivity index (χ1) is 9.47. The van der Waals surface area contributed by atoms with Crippen molar-refractivity contribution in [2.75, 3.05) is 19.7 Å². The maximum atomic E-state index is 11.4. The fourth-order valence-corrected chi connectivity index (χ4v) is 1.41. The average molecular weight is 345 g/mol. The summed E-state index contributed by atoms with van der Waals surface area (Å²) in [6, 6.07) is 6.92. The van der Waals surface area contributed by atoms with Crippen molar-refractivity contribution in [3.63, 3.8) is 0 Å². The molecule has 1 aromatic carbocycles. The molecule has 8 heteroatoms. The first kappa shape index (κ1) is 16.0. The highest BCUT2D eigenvalue weighted by molar-refractivity contribution is 9.10. The lowest BCUT2D eigenvalue weighted by molar-refractivity contribution is -0.137. The third-order valence-corrected chi connectivity index (χ3v) is 2.60. The van der Waals surface area contributed by atoms with Crippen LogP contribution in [0.15, 0.2) is 28.7 Å². The Morgan fingerprint density at radius 2 is 1.65 bits per heavy atom. The monoisotopic (exact) mass is 344 g/mol. The van der Waals surface area contributed by atoms with Gasteiger partial charge in [-0.25, -0.2) is 0 Å². The van der Waals surface area contributed by atoms with E-state index in [0.717, 1.165) is 4.47 Å². The number of nitrogens with one attached hydrogen (secondary N) is 2. The second-order valence-corrected chi connectivity index (χ2v) is 4.61. The fourth-order valence-electron chi connectivity index (χ4n) is 1.15. The number of amides is 2. The molecule has 1 aromatic rings. The standard InChI is InChI=1S/C12H13BrN2O5/c13-8-1-3-9(4-2-8)20-7-11(17)14-5-10(16)15-6-12(18)19/h1-4H,5-7H2,(H,14,17)(H,15,16)(H,18,19). The van der Waals surface area contributed by atoms with Crippen LogP contribution in [0, 0.1) is 0 Å². The fraction of sp³-hybridized carbons (Fsp3) is 0.250. The summed E-state index contributed by atoms with van der Waals surface area (Å²) in [4.78, 5) is 32.7.